The molecule has 1 aromatic carbocycles. The minimum absolute atomic E-state index is 0.0851. The van der Waals surface area contributed by atoms with E-state index >= 15 is 0 Å². The normalized spacial score (nSPS) is 12.0. The summed E-state index contributed by atoms with van der Waals surface area (Å²) in [7, 11) is 1.50. The standard InChI is InChI=1S/C29H50N2O3S.C2HF3O2/c1-3-4-5-6-7-8-9-10-11-12-13-14-15-16-17-18-21-35-24-26(30)29(33)31-23-25-19-20-27(32)28(22-25)34-2;3-2(4,5)1(6)7/h10-11,19-20,22,26,32H,3-9,12-18,21,23-24,30H2,1-2H3,(H,31,33);(H,6,7)/b11-10-;/t26-;/m0./s1. The highest BCUT2D eigenvalue weighted by molar-refractivity contribution is 7.99. The van der Waals surface area contributed by atoms with E-state index in [-0.39, 0.29) is 11.7 Å². The molecule has 242 valence electrons. The van der Waals surface area contributed by atoms with Gasteiger partial charge in [-0.3, -0.25) is 4.79 Å². The van der Waals surface area contributed by atoms with Crippen molar-refractivity contribution in [3.05, 3.63) is 35.9 Å². The number of phenols is 1. The SMILES string of the molecule is CCCCCCCC/C=C\CCCCCCCCSC[C@H](N)C(=O)NCc1ccc(O)c(OC)c1.O=C(O)C(F)(F)F. The smallest absolute Gasteiger partial charge is 0.490 e. The first-order valence-electron chi connectivity index (χ1n) is 14.9. The minimum Gasteiger partial charge on any atom is -0.504 e. The van der Waals surface area contributed by atoms with Gasteiger partial charge >= 0.3 is 12.1 Å². The molecule has 11 heteroatoms. The highest BCUT2D eigenvalue weighted by atomic mass is 32.2. The van der Waals surface area contributed by atoms with Gasteiger partial charge in [0.2, 0.25) is 5.91 Å². The maximum atomic E-state index is 12.2. The Kier molecular flexibility index (Phi) is 23.7. The highest BCUT2D eigenvalue weighted by Gasteiger charge is 2.38. The Bertz CT molecular complexity index is 885. The average molecular weight is 621 g/mol. The number of hydrogen-bond donors (Lipinski definition) is 4. The van der Waals surface area contributed by atoms with E-state index < -0.39 is 18.2 Å². The summed E-state index contributed by atoms with van der Waals surface area (Å²) in [6.45, 7) is 2.63. The summed E-state index contributed by atoms with van der Waals surface area (Å²) in [6, 6.07) is 4.52. The van der Waals surface area contributed by atoms with Crippen LogP contribution in [0.1, 0.15) is 102 Å². The van der Waals surface area contributed by atoms with Gasteiger partial charge in [0.15, 0.2) is 11.5 Å². The number of aromatic hydroxyl groups is 1. The van der Waals surface area contributed by atoms with Crippen molar-refractivity contribution >= 4 is 23.6 Å². The van der Waals surface area contributed by atoms with E-state index in [0.29, 0.717) is 18.0 Å². The van der Waals surface area contributed by atoms with E-state index in [0.717, 1.165) is 11.3 Å². The number of aliphatic carboxylic acids is 1. The third-order valence-corrected chi connectivity index (χ3v) is 7.56. The summed E-state index contributed by atoms with van der Waals surface area (Å²) in [4.78, 5) is 21.1. The molecule has 42 heavy (non-hydrogen) atoms. The molecule has 1 aromatic rings. The number of carbonyl (C=O) groups excluding carboxylic acids is 1. The number of carbonyl (C=O) groups is 2. The third kappa shape index (κ3) is 22.2. The zero-order valence-electron chi connectivity index (χ0n) is 25.2. The van der Waals surface area contributed by atoms with Crippen LogP contribution in [0.15, 0.2) is 30.4 Å². The number of unbranched alkanes of at least 4 members (excludes halogenated alkanes) is 12. The van der Waals surface area contributed by atoms with Crippen molar-refractivity contribution in [2.45, 2.75) is 116 Å². The maximum Gasteiger partial charge on any atom is 0.490 e. The minimum atomic E-state index is -5.08. The van der Waals surface area contributed by atoms with Crippen LogP contribution >= 0.6 is 11.8 Å². The number of phenolic OH excluding ortho intramolecular Hbond substituents is 1. The van der Waals surface area contributed by atoms with Gasteiger partial charge in [-0.25, -0.2) is 4.79 Å². The van der Waals surface area contributed by atoms with Crippen LogP contribution in [0.3, 0.4) is 0 Å². The second kappa shape index (κ2) is 25.1. The van der Waals surface area contributed by atoms with Gasteiger partial charge in [-0.15, -0.1) is 0 Å². The molecule has 0 bridgehead atoms. The van der Waals surface area contributed by atoms with Crippen molar-refractivity contribution < 1.29 is 37.7 Å². The van der Waals surface area contributed by atoms with E-state index in [4.69, 9.17) is 20.4 Å². The van der Waals surface area contributed by atoms with Gasteiger partial charge in [-0.05, 0) is 55.6 Å². The number of nitrogens with one attached hydrogen (secondary N) is 1. The molecule has 0 radical (unpaired) electrons. The second-order valence-electron chi connectivity index (χ2n) is 10.1. The van der Waals surface area contributed by atoms with E-state index in [9.17, 15) is 23.1 Å². The van der Waals surface area contributed by atoms with Crippen LogP contribution in [0.2, 0.25) is 0 Å². The van der Waals surface area contributed by atoms with Gasteiger partial charge < -0.3 is 26.0 Å². The number of halogens is 3. The molecule has 1 atom stereocenters. The van der Waals surface area contributed by atoms with Gasteiger partial charge in [0.25, 0.3) is 0 Å². The van der Waals surface area contributed by atoms with E-state index in [2.05, 4.69) is 24.4 Å². The number of thioether (sulfide) groups is 1. The fourth-order valence-electron chi connectivity index (χ4n) is 3.89. The van der Waals surface area contributed by atoms with Crippen LogP contribution in [0.25, 0.3) is 0 Å². The molecule has 0 spiro atoms. The maximum absolute atomic E-state index is 12.2. The predicted octanol–water partition coefficient (Wildman–Crippen LogP) is 7.75. The molecule has 0 aliphatic carbocycles. The Morgan fingerprint density at radius 2 is 1.50 bits per heavy atom. The number of carboxylic acids is 1. The number of rotatable bonds is 22. The first-order chi connectivity index (χ1) is 20.0. The summed E-state index contributed by atoms with van der Waals surface area (Å²) in [5.41, 5.74) is 6.89. The van der Waals surface area contributed by atoms with E-state index in [1.165, 1.54) is 97.0 Å². The topological polar surface area (TPSA) is 122 Å². The summed E-state index contributed by atoms with van der Waals surface area (Å²) < 4.78 is 36.8. The lowest BCUT2D eigenvalue weighted by Crippen LogP contribution is -2.42. The summed E-state index contributed by atoms with van der Waals surface area (Å²) in [5, 5.41) is 19.6. The number of methoxy groups -OCH3 is 1. The number of ether oxygens (including phenoxy) is 1. The van der Waals surface area contributed by atoms with Crippen LogP contribution in [0, 0.1) is 0 Å². The molecule has 0 fully saturated rings. The molecule has 0 aliphatic heterocycles. The van der Waals surface area contributed by atoms with Crippen LogP contribution in [-0.2, 0) is 16.1 Å². The quantitative estimate of drug-likeness (QED) is 0.0772. The molecule has 0 aliphatic rings. The number of carboxylic acid groups (broad SMARTS) is 1. The molecule has 0 unspecified atom stereocenters. The fraction of sp³-hybridized carbons (Fsp3) is 0.677. The molecule has 0 saturated carbocycles. The molecule has 0 heterocycles. The molecular formula is C31H51F3N2O5S. The largest absolute Gasteiger partial charge is 0.504 e. The predicted molar refractivity (Wildman–Crippen MR) is 165 cm³/mol. The van der Waals surface area contributed by atoms with Gasteiger partial charge in [-0.1, -0.05) is 82.9 Å². The molecule has 7 nitrogen and oxygen atoms in total. The van der Waals surface area contributed by atoms with Crippen molar-refractivity contribution in [2.75, 3.05) is 18.6 Å². The lowest BCUT2D eigenvalue weighted by molar-refractivity contribution is -0.192. The van der Waals surface area contributed by atoms with Crippen LogP contribution < -0.4 is 15.8 Å². The average Bonchev–Trinajstić information content (AvgIpc) is 2.95. The van der Waals surface area contributed by atoms with Crippen LogP contribution in [0.4, 0.5) is 13.2 Å². The molecule has 1 rings (SSSR count). The summed E-state index contributed by atoms with van der Waals surface area (Å²) in [6.07, 6.45) is 18.1. The number of hydrogen-bond acceptors (Lipinski definition) is 6. The Hall–Kier alpha value is -2.40. The lowest BCUT2D eigenvalue weighted by atomic mass is 10.1. The molecule has 5 N–H and O–H groups in total. The number of alkyl halides is 3. The van der Waals surface area contributed by atoms with Crippen molar-refractivity contribution in [3.8, 4) is 11.5 Å². The van der Waals surface area contributed by atoms with Crippen molar-refractivity contribution in [3.63, 3.8) is 0 Å². The summed E-state index contributed by atoms with van der Waals surface area (Å²) in [5.74, 6) is -0.736. The molecule has 0 saturated heterocycles. The fourth-order valence-corrected chi connectivity index (χ4v) is 4.87. The Balaban J connectivity index is 0.00000212. The number of amides is 1. The lowest BCUT2D eigenvalue weighted by Gasteiger charge is -2.13. The highest BCUT2D eigenvalue weighted by Crippen LogP contribution is 2.26. The van der Waals surface area contributed by atoms with Crippen molar-refractivity contribution in [1.29, 1.82) is 0 Å². The molecular weight excluding hydrogens is 569 g/mol. The first-order valence-corrected chi connectivity index (χ1v) is 16.1. The number of benzene rings is 1. The molecule has 1 amide bonds. The van der Waals surface area contributed by atoms with Crippen molar-refractivity contribution in [2.24, 2.45) is 5.73 Å². The third-order valence-electron chi connectivity index (χ3n) is 6.39. The van der Waals surface area contributed by atoms with Gasteiger partial charge in [0.1, 0.15) is 0 Å². The first kappa shape index (κ1) is 39.6. The monoisotopic (exact) mass is 620 g/mol. The Morgan fingerprint density at radius 3 is 2.02 bits per heavy atom. The van der Waals surface area contributed by atoms with Gasteiger partial charge in [0, 0.05) is 12.3 Å². The number of allylic oxidation sites excluding steroid dienone is 2. The van der Waals surface area contributed by atoms with E-state index in [1.54, 1.807) is 30.0 Å². The zero-order valence-corrected chi connectivity index (χ0v) is 26.0. The van der Waals surface area contributed by atoms with Gasteiger partial charge in [0.05, 0.1) is 13.2 Å². The number of nitrogens with two attached hydrogens (primary N) is 1. The van der Waals surface area contributed by atoms with E-state index in [1.807, 2.05) is 0 Å². The zero-order chi connectivity index (χ0) is 31.6. The second-order valence-corrected chi connectivity index (χ2v) is 11.3. The molecule has 0 aromatic heterocycles. The van der Waals surface area contributed by atoms with Crippen LogP contribution in [0.5, 0.6) is 11.5 Å². The summed E-state index contributed by atoms with van der Waals surface area (Å²) >= 11 is 1.76. The van der Waals surface area contributed by atoms with Crippen molar-refractivity contribution in [1.82, 2.24) is 5.32 Å². The Labute approximate surface area is 253 Å². The van der Waals surface area contributed by atoms with Gasteiger partial charge in [-0.2, -0.15) is 24.9 Å². The van der Waals surface area contributed by atoms with Crippen LogP contribution in [-0.4, -0.2) is 52.9 Å². The Morgan fingerprint density at radius 1 is 0.976 bits per heavy atom.